The van der Waals surface area contributed by atoms with Crippen LogP contribution < -0.4 is 10.6 Å². The van der Waals surface area contributed by atoms with E-state index in [9.17, 15) is 19.2 Å². The number of ether oxygens (including phenoxy) is 1. The van der Waals surface area contributed by atoms with Crippen LogP contribution in [0.5, 0.6) is 0 Å². The van der Waals surface area contributed by atoms with E-state index in [1.807, 2.05) is 32.9 Å². The number of anilines is 1. The molecular weight excluding hydrogens is 350 g/mol. The minimum Gasteiger partial charge on any atom is -0.453 e. The van der Waals surface area contributed by atoms with E-state index in [1.165, 1.54) is 6.92 Å². The van der Waals surface area contributed by atoms with Gasteiger partial charge in [0, 0.05) is 18.7 Å². The van der Waals surface area contributed by atoms with Gasteiger partial charge in [-0.2, -0.15) is 0 Å². The van der Waals surface area contributed by atoms with Crippen LogP contribution in [0.25, 0.3) is 0 Å². The van der Waals surface area contributed by atoms with E-state index < -0.39 is 24.0 Å². The Labute approximate surface area is 158 Å². The molecule has 0 bridgehead atoms. The van der Waals surface area contributed by atoms with Gasteiger partial charge in [-0.1, -0.05) is 17.7 Å². The number of carbonyl (C=O) groups is 4. The van der Waals surface area contributed by atoms with Gasteiger partial charge in [0.1, 0.15) is 0 Å². The van der Waals surface area contributed by atoms with E-state index in [-0.39, 0.29) is 31.8 Å². The highest BCUT2D eigenvalue weighted by atomic mass is 16.5. The van der Waals surface area contributed by atoms with Gasteiger partial charge < -0.3 is 15.4 Å². The molecule has 0 saturated carbocycles. The molecule has 8 nitrogen and oxygen atoms in total. The van der Waals surface area contributed by atoms with Crippen molar-refractivity contribution in [2.45, 2.75) is 46.6 Å². The van der Waals surface area contributed by atoms with Crippen molar-refractivity contribution in [1.29, 1.82) is 0 Å². The van der Waals surface area contributed by atoms with Crippen molar-refractivity contribution in [3.8, 4) is 0 Å². The second-order valence-corrected chi connectivity index (χ2v) is 6.70. The molecule has 1 fully saturated rings. The fraction of sp³-hybridized carbons (Fsp3) is 0.474. The van der Waals surface area contributed by atoms with Crippen LogP contribution in [0.15, 0.2) is 12.1 Å². The molecule has 2 rings (SSSR count). The first-order valence-electron chi connectivity index (χ1n) is 8.85. The summed E-state index contributed by atoms with van der Waals surface area (Å²) in [6.07, 6.45) is -0.658. The van der Waals surface area contributed by atoms with Crippen LogP contribution in [0.1, 0.15) is 36.5 Å². The highest BCUT2D eigenvalue weighted by molar-refractivity contribution is 6.02. The largest absolute Gasteiger partial charge is 0.453 e. The number of nitrogens with one attached hydrogen (secondary N) is 2. The molecule has 27 heavy (non-hydrogen) atoms. The number of nitrogens with zero attached hydrogens (tertiary/aromatic N) is 1. The van der Waals surface area contributed by atoms with Gasteiger partial charge in [-0.25, -0.2) is 4.79 Å². The van der Waals surface area contributed by atoms with E-state index in [1.54, 1.807) is 0 Å². The number of amides is 4. The average molecular weight is 375 g/mol. The second-order valence-electron chi connectivity index (χ2n) is 6.70. The summed E-state index contributed by atoms with van der Waals surface area (Å²) in [6.45, 7) is 7.42. The molecule has 1 aromatic carbocycles. The van der Waals surface area contributed by atoms with Crippen LogP contribution >= 0.6 is 0 Å². The Hall–Kier alpha value is -2.90. The van der Waals surface area contributed by atoms with Crippen LogP contribution in [-0.4, -0.2) is 47.9 Å². The van der Waals surface area contributed by atoms with Crippen LogP contribution in [0.2, 0.25) is 0 Å². The first kappa shape index (κ1) is 20.4. The third-order valence-electron chi connectivity index (χ3n) is 4.30. The molecule has 1 heterocycles. The van der Waals surface area contributed by atoms with Gasteiger partial charge in [-0.05, 0) is 45.2 Å². The van der Waals surface area contributed by atoms with E-state index in [0.717, 1.165) is 21.6 Å². The summed E-state index contributed by atoms with van der Waals surface area (Å²) in [5.74, 6) is -1.28. The maximum absolute atomic E-state index is 12.3. The molecule has 0 unspecified atom stereocenters. The van der Waals surface area contributed by atoms with Gasteiger partial charge in [-0.3, -0.25) is 19.3 Å². The minimum atomic E-state index is -0.950. The van der Waals surface area contributed by atoms with Crippen molar-refractivity contribution in [2.24, 2.45) is 0 Å². The molecule has 2 N–H and O–H groups in total. The third-order valence-corrected chi connectivity index (χ3v) is 4.30. The van der Waals surface area contributed by atoms with Crippen molar-refractivity contribution in [1.82, 2.24) is 10.2 Å². The van der Waals surface area contributed by atoms with Crippen molar-refractivity contribution in [2.75, 3.05) is 18.4 Å². The third kappa shape index (κ3) is 5.29. The van der Waals surface area contributed by atoms with Crippen molar-refractivity contribution in [3.05, 3.63) is 28.8 Å². The van der Waals surface area contributed by atoms with Gasteiger partial charge in [0.2, 0.25) is 5.91 Å². The minimum absolute atomic E-state index is 0.0112. The summed E-state index contributed by atoms with van der Waals surface area (Å²) in [6, 6.07) is 3.48. The Bertz CT molecular complexity index is 736. The molecule has 0 aromatic heterocycles. The van der Waals surface area contributed by atoms with Crippen LogP contribution in [-0.2, 0) is 19.1 Å². The van der Waals surface area contributed by atoms with Crippen LogP contribution in [0, 0.1) is 20.8 Å². The topological polar surface area (TPSA) is 105 Å². The number of rotatable bonds is 7. The maximum atomic E-state index is 12.3. The van der Waals surface area contributed by atoms with Gasteiger partial charge in [0.05, 0.1) is 6.54 Å². The standard InChI is InChI=1S/C19H25N3O5/c1-11-8-12(2)17(13(3)9-11)21-18(25)14(4)27-16(24)6-5-7-22-15(23)10-20-19(22)26/h8-9,14H,5-7,10H2,1-4H3,(H,20,26)(H,21,25)/t14-/m0/s1. The summed E-state index contributed by atoms with van der Waals surface area (Å²) in [4.78, 5) is 48.1. The quantitative estimate of drug-likeness (QED) is 0.559. The van der Waals surface area contributed by atoms with Crippen LogP contribution in [0.3, 0.4) is 0 Å². The smallest absolute Gasteiger partial charge is 0.324 e. The predicted octanol–water partition coefficient (Wildman–Crippen LogP) is 1.81. The summed E-state index contributed by atoms with van der Waals surface area (Å²) >= 11 is 0. The molecule has 1 aromatic rings. The monoisotopic (exact) mass is 375 g/mol. The normalized spacial score (nSPS) is 14.7. The van der Waals surface area contributed by atoms with Crippen LogP contribution in [0.4, 0.5) is 10.5 Å². The highest BCUT2D eigenvalue weighted by Gasteiger charge is 2.28. The molecule has 8 heteroatoms. The Morgan fingerprint density at radius 2 is 1.85 bits per heavy atom. The predicted molar refractivity (Wildman–Crippen MR) is 99.2 cm³/mol. The lowest BCUT2D eigenvalue weighted by Crippen LogP contribution is -2.33. The number of benzene rings is 1. The van der Waals surface area contributed by atoms with E-state index >= 15 is 0 Å². The summed E-state index contributed by atoms with van der Waals surface area (Å²) < 4.78 is 5.15. The molecular formula is C19H25N3O5. The summed E-state index contributed by atoms with van der Waals surface area (Å²) in [5, 5.41) is 5.21. The van der Waals surface area contributed by atoms with E-state index in [4.69, 9.17) is 4.74 Å². The van der Waals surface area contributed by atoms with Gasteiger partial charge in [0.15, 0.2) is 6.10 Å². The first-order valence-corrected chi connectivity index (χ1v) is 8.85. The summed E-state index contributed by atoms with van der Waals surface area (Å²) in [7, 11) is 0. The van der Waals surface area contributed by atoms with Gasteiger partial charge >= 0.3 is 12.0 Å². The molecule has 1 atom stereocenters. The van der Waals surface area contributed by atoms with Gasteiger partial charge in [-0.15, -0.1) is 0 Å². The number of hydrogen-bond donors (Lipinski definition) is 2. The molecule has 4 amide bonds. The lowest BCUT2D eigenvalue weighted by molar-refractivity contribution is -0.153. The fourth-order valence-corrected chi connectivity index (χ4v) is 2.97. The number of carbonyl (C=O) groups excluding carboxylic acids is 4. The number of urea groups is 1. The van der Waals surface area contributed by atoms with Crippen molar-refractivity contribution >= 4 is 29.5 Å². The first-order chi connectivity index (χ1) is 12.7. The van der Waals surface area contributed by atoms with E-state index in [0.29, 0.717) is 5.69 Å². The van der Waals surface area contributed by atoms with Crippen molar-refractivity contribution < 1.29 is 23.9 Å². The zero-order valence-corrected chi connectivity index (χ0v) is 16.0. The number of hydrogen-bond acceptors (Lipinski definition) is 5. The molecule has 1 saturated heterocycles. The fourth-order valence-electron chi connectivity index (χ4n) is 2.97. The summed E-state index contributed by atoms with van der Waals surface area (Å²) in [5.41, 5.74) is 3.69. The molecule has 1 aliphatic rings. The zero-order valence-electron chi connectivity index (χ0n) is 16.0. The molecule has 0 spiro atoms. The highest BCUT2D eigenvalue weighted by Crippen LogP contribution is 2.22. The Kier molecular flexibility index (Phi) is 6.55. The lowest BCUT2D eigenvalue weighted by atomic mass is 10.0. The number of imide groups is 1. The maximum Gasteiger partial charge on any atom is 0.324 e. The SMILES string of the molecule is Cc1cc(C)c(NC(=O)[C@H](C)OC(=O)CCCN2C(=O)CNC2=O)c(C)c1. The number of aryl methyl sites for hydroxylation is 3. The van der Waals surface area contributed by atoms with Gasteiger partial charge in [0.25, 0.3) is 5.91 Å². The zero-order chi connectivity index (χ0) is 20.1. The average Bonchev–Trinajstić information content (AvgIpc) is 2.89. The lowest BCUT2D eigenvalue weighted by Gasteiger charge is -2.17. The number of esters is 1. The molecule has 1 aliphatic heterocycles. The molecule has 146 valence electrons. The Morgan fingerprint density at radius 3 is 2.41 bits per heavy atom. The molecule has 0 radical (unpaired) electrons. The van der Waals surface area contributed by atoms with Crippen molar-refractivity contribution in [3.63, 3.8) is 0 Å². The Balaban J connectivity index is 1.81. The Morgan fingerprint density at radius 1 is 1.22 bits per heavy atom. The van der Waals surface area contributed by atoms with E-state index in [2.05, 4.69) is 10.6 Å². The second kappa shape index (κ2) is 8.66. The molecule has 0 aliphatic carbocycles.